The van der Waals surface area contributed by atoms with Gasteiger partial charge in [-0.1, -0.05) is 30.3 Å². The first-order valence-electron chi connectivity index (χ1n) is 8.70. The maximum absolute atomic E-state index is 11.4. The van der Waals surface area contributed by atoms with E-state index >= 15 is 0 Å². The van der Waals surface area contributed by atoms with Crippen LogP contribution >= 0.6 is 0 Å². The third kappa shape index (κ3) is 3.39. The van der Waals surface area contributed by atoms with Crippen molar-refractivity contribution in [2.24, 2.45) is 0 Å². The van der Waals surface area contributed by atoms with E-state index in [0.717, 1.165) is 22.2 Å². The Hall–Kier alpha value is -2.56. The summed E-state index contributed by atoms with van der Waals surface area (Å²) in [6, 6.07) is 19.5. The van der Waals surface area contributed by atoms with Gasteiger partial charge >= 0.3 is 0 Å². The molecule has 0 aliphatic rings. The monoisotopic (exact) mass is 351 g/mol. The summed E-state index contributed by atoms with van der Waals surface area (Å²) < 4.78 is 11.1. The molecule has 1 atom stereocenters. The van der Waals surface area contributed by atoms with Gasteiger partial charge in [-0.05, 0) is 48.0 Å². The molecule has 4 heteroatoms. The highest BCUT2D eigenvalue weighted by molar-refractivity contribution is 5.84. The van der Waals surface area contributed by atoms with Gasteiger partial charge in [-0.2, -0.15) is 0 Å². The Kier molecular flexibility index (Phi) is 5.16. The van der Waals surface area contributed by atoms with Gasteiger partial charge < -0.3 is 19.5 Å². The number of ether oxygens (including phenoxy) is 2. The molecule has 4 nitrogen and oxygen atoms in total. The van der Waals surface area contributed by atoms with Crippen LogP contribution in [0.2, 0.25) is 0 Å². The van der Waals surface area contributed by atoms with E-state index in [1.165, 1.54) is 0 Å². The van der Waals surface area contributed by atoms with Crippen LogP contribution in [0.3, 0.4) is 0 Å². The lowest BCUT2D eigenvalue weighted by atomic mass is 9.94. The second-order valence-corrected chi connectivity index (χ2v) is 6.45. The molecule has 0 saturated heterocycles. The van der Waals surface area contributed by atoms with Crippen LogP contribution in [0.25, 0.3) is 10.8 Å². The van der Waals surface area contributed by atoms with Gasteiger partial charge in [0.05, 0.1) is 7.11 Å². The topological polar surface area (TPSA) is 41.9 Å². The van der Waals surface area contributed by atoms with Crippen molar-refractivity contribution >= 4 is 16.5 Å². The quantitative estimate of drug-likeness (QED) is 0.678. The Morgan fingerprint density at radius 1 is 0.885 bits per heavy atom. The van der Waals surface area contributed by atoms with Gasteiger partial charge in [0, 0.05) is 37.5 Å². The number of nitrogens with zero attached hydrogens (tertiary/aromatic N) is 1. The van der Waals surface area contributed by atoms with Crippen LogP contribution in [-0.2, 0) is 10.5 Å². The number of fused-ring (bicyclic) bond motifs is 1. The lowest BCUT2D eigenvalue weighted by Crippen LogP contribution is -2.31. The number of hydrogen-bond donors (Lipinski definition) is 1. The van der Waals surface area contributed by atoms with Crippen LogP contribution < -0.4 is 9.64 Å². The highest BCUT2D eigenvalue weighted by Crippen LogP contribution is 2.34. The molecular formula is C22H25NO3. The lowest BCUT2D eigenvalue weighted by molar-refractivity contribution is -0.177. The van der Waals surface area contributed by atoms with Crippen molar-refractivity contribution in [3.8, 4) is 5.75 Å². The molecule has 136 valence electrons. The Morgan fingerprint density at radius 3 is 2.12 bits per heavy atom. The predicted octanol–water partition coefficient (Wildman–Crippen LogP) is 4.14. The molecule has 0 bridgehead atoms. The molecule has 0 unspecified atom stereocenters. The number of rotatable bonds is 6. The molecule has 0 saturated carbocycles. The van der Waals surface area contributed by atoms with Crippen molar-refractivity contribution in [1.82, 2.24) is 0 Å². The second kappa shape index (κ2) is 7.36. The zero-order valence-corrected chi connectivity index (χ0v) is 15.7. The highest BCUT2D eigenvalue weighted by Gasteiger charge is 2.32. The maximum Gasteiger partial charge on any atom is 0.219 e. The largest absolute Gasteiger partial charge is 0.497 e. The van der Waals surface area contributed by atoms with Crippen LogP contribution in [0, 0.1) is 0 Å². The zero-order valence-electron chi connectivity index (χ0n) is 15.7. The Bertz CT molecular complexity index is 890. The third-order valence-corrected chi connectivity index (χ3v) is 4.57. The fraction of sp³-hybridized carbons (Fsp3) is 0.273. The van der Waals surface area contributed by atoms with Gasteiger partial charge in [0.25, 0.3) is 0 Å². The average molecular weight is 351 g/mol. The second-order valence-electron chi connectivity index (χ2n) is 6.45. The molecule has 0 heterocycles. The zero-order chi connectivity index (χ0) is 18.7. The number of hydrogen-bond acceptors (Lipinski definition) is 4. The molecule has 0 fully saturated rings. The summed E-state index contributed by atoms with van der Waals surface area (Å²) in [5, 5.41) is 13.5. The standard InChI is InChI=1S/C22H25NO3/c1-5-26-22(24,18-9-11-20(12-10-18)23(2)3)19-8-6-17-15-21(25-4)13-7-16(17)14-19/h6-15,24H,5H2,1-4H3/t22-/m1/s1. The molecule has 0 radical (unpaired) electrons. The first-order chi connectivity index (χ1) is 12.5. The van der Waals surface area contributed by atoms with E-state index in [1.807, 2.05) is 86.6 Å². The molecule has 3 rings (SSSR count). The third-order valence-electron chi connectivity index (χ3n) is 4.57. The smallest absolute Gasteiger partial charge is 0.219 e. The van der Waals surface area contributed by atoms with Crippen LogP contribution in [-0.4, -0.2) is 32.9 Å². The van der Waals surface area contributed by atoms with E-state index in [4.69, 9.17) is 9.47 Å². The molecule has 0 amide bonds. The summed E-state index contributed by atoms with van der Waals surface area (Å²) in [6.07, 6.45) is 0. The molecule has 0 spiro atoms. The number of benzene rings is 3. The fourth-order valence-electron chi connectivity index (χ4n) is 3.09. The van der Waals surface area contributed by atoms with Gasteiger partial charge in [0.15, 0.2) is 0 Å². The number of aliphatic hydroxyl groups is 1. The summed E-state index contributed by atoms with van der Waals surface area (Å²) in [4.78, 5) is 2.02. The Balaban J connectivity index is 2.06. The molecule has 1 N–H and O–H groups in total. The van der Waals surface area contributed by atoms with Gasteiger partial charge in [0.2, 0.25) is 5.79 Å². The maximum atomic E-state index is 11.4. The molecule has 0 aliphatic heterocycles. The average Bonchev–Trinajstić information content (AvgIpc) is 2.67. The molecule has 26 heavy (non-hydrogen) atoms. The van der Waals surface area contributed by atoms with E-state index in [-0.39, 0.29) is 0 Å². The van der Waals surface area contributed by atoms with Gasteiger partial charge in [0.1, 0.15) is 5.75 Å². The normalized spacial score (nSPS) is 13.4. The van der Waals surface area contributed by atoms with Gasteiger partial charge in [-0.25, -0.2) is 0 Å². The van der Waals surface area contributed by atoms with Crippen LogP contribution in [0.5, 0.6) is 5.75 Å². The summed E-state index contributed by atoms with van der Waals surface area (Å²) in [5.41, 5.74) is 2.48. The minimum Gasteiger partial charge on any atom is -0.497 e. The fourth-order valence-corrected chi connectivity index (χ4v) is 3.09. The Morgan fingerprint density at radius 2 is 1.50 bits per heavy atom. The van der Waals surface area contributed by atoms with E-state index < -0.39 is 5.79 Å². The molecule has 3 aromatic rings. The summed E-state index contributed by atoms with van der Waals surface area (Å²) in [6.45, 7) is 2.28. The Labute approximate surface area is 154 Å². The van der Waals surface area contributed by atoms with E-state index in [2.05, 4.69) is 0 Å². The first-order valence-corrected chi connectivity index (χ1v) is 8.70. The number of anilines is 1. The minimum absolute atomic E-state index is 0.395. The van der Waals surface area contributed by atoms with Crippen molar-refractivity contribution in [1.29, 1.82) is 0 Å². The minimum atomic E-state index is -1.49. The van der Waals surface area contributed by atoms with E-state index in [1.54, 1.807) is 7.11 Å². The van der Waals surface area contributed by atoms with Crippen molar-refractivity contribution in [3.05, 3.63) is 71.8 Å². The molecule has 0 aliphatic carbocycles. The van der Waals surface area contributed by atoms with Gasteiger partial charge in [-0.3, -0.25) is 0 Å². The number of methoxy groups -OCH3 is 1. The van der Waals surface area contributed by atoms with Crippen LogP contribution in [0.1, 0.15) is 18.1 Å². The lowest BCUT2D eigenvalue weighted by Gasteiger charge is -2.29. The van der Waals surface area contributed by atoms with Gasteiger partial charge in [-0.15, -0.1) is 0 Å². The molecule has 3 aromatic carbocycles. The van der Waals surface area contributed by atoms with E-state index in [9.17, 15) is 5.11 Å². The summed E-state index contributed by atoms with van der Waals surface area (Å²) in [7, 11) is 5.63. The summed E-state index contributed by atoms with van der Waals surface area (Å²) >= 11 is 0. The van der Waals surface area contributed by atoms with Crippen molar-refractivity contribution in [2.75, 3.05) is 32.7 Å². The molecule has 0 aromatic heterocycles. The first kappa shape index (κ1) is 18.2. The summed E-state index contributed by atoms with van der Waals surface area (Å²) in [5.74, 6) is -0.683. The van der Waals surface area contributed by atoms with Crippen molar-refractivity contribution < 1.29 is 14.6 Å². The molecular weight excluding hydrogens is 326 g/mol. The highest BCUT2D eigenvalue weighted by atomic mass is 16.6. The van der Waals surface area contributed by atoms with Crippen molar-refractivity contribution in [2.45, 2.75) is 12.7 Å². The predicted molar refractivity (Wildman–Crippen MR) is 106 cm³/mol. The van der Waals surface area contributed by atoms with E-state index in [0.29, 0.717) is 17.7 Å². The van der Waals surface area contributed by atoms with Crippen LogP contribution in [0.4, 0.5) is 5.69 Å². The van der Waals surface area contributed by atoms with Crippen molar-refractivity contribution in [3.63, 3.8) is 0 Å². The SMILES string of the molecule is CCO[C@](O)(c1ccc(N(C)C)cc1)c1ccc2cc(OC)ccc2c1. The van der Waals surface area contributed by atoms with Crippen LogP contribution in [0.15, 0.2) is 60.7 Å².